The monoisotopic (exact) mass is 672 g/mol. The number of aliphatic hydroxyl groups excluding tert-OH is 2. The summed E-state index contributed by atoms with van der Waals surface area (Å²) in [5, 5.41) is 26.4. The van der Waals surface area contributed by atoms with Crippen molar-refractivity contribution >= 4 is 23.0 Å². The van der Waals surface area contributed by atoms with Crippen molar-refractivity contribution in [3.05, 3.63) is 203 Å². The summed E-state index contributed by atoms with van der Waals surface area (Å²) in [5.41, 5.74) is 8.78. The molecule has 6 aromatic carbocycles. The molecular weight excluding hydrogens is 629 g/mol. The number of hydrogen-bond donors (Lipinski definition) is 4. The predicted octanol–water partition coefficient (Wildman–Crippen LogP) is 8.55. The molecule has 0 aliphatic rings. The van der Waals surface area contributed by atoms with Gasteiger partial charge in [0.2, 0.25) is 0 Å². The minimum Gasteiger partial charge on any atom is -0.394 e. The van der Waals surface area contributed by atoms with Crippen LogP contribution in [0.25, 0.3) is 0 Å². The van der Waals surface area contributed by atoms with Gasteiger partial charge in [0.1, 0.15) is 11.7 Å². The average Bonchev–Trinajstić information content (AvgIpc) is 3.19. The third-order valence-electron chi connectivity index (χ3n) is 8.70. The van der Waals surface area contributed by atoms with Crippen LogP contribution < -0.4 is 10.6 Å². The summed E-state index contributed by atoms with van der Waals surface area (Å²) in [5.74, 6) is 1.38. The second kappa shape index (κ2) is 18.3. The van der Waals surface area contributed by atoms with Gasteiger partial charge in [-0.05, 0) is 64.1 Å². The third kappa shape index (κ3) is 9.67. The maximum Gasteiger partial charge on any atom is 0.113 e. The molecule has 6 heteroatoms. The lowest BCUT2D eigenvalue weighted by Crippen LogP contribution is -2.23. The first-order valence-corrected chi connectivity index (χ1v) is 17.4. The Morgan fingerprint density at radius 3 is 0.980 bits per heavy atom. The van der Waals surface area contributed by atoms with Crippen LogP contribution in [0.3, 0.4) is 0 Å². The normalized spacial score (nSPS) is 11.9. The Kier molecular flexibility index (Phi) is 12.5. The molecule has 6 nitrogen and oxygen atoms in total. The molecule has 0 aliphatic heterocycles. The summed E-state index contributed by atoms with van der Waals surface area (Å²) in [6.45, 7) is 0.586. The smallest absolute Gasteiger partial charge is 0.113 e. The fraction of sp³-hybridized carbons (Fsp3) is 0.156. The zero-order valence-electron chi connectivity index (χ0n) is 28.6. The van der Waals surface area contributed by atoms with Crippen molar-refractivity contribution in [2.24, 2.45) is 9.98 Å². The number of rotatable bonds is 14. The molecule has 0 saturated carbocycles. The van der Waals surface area contributed by atoms with Crippen LogP contribution in [0.5, 0.6) is 0 Å². The van der Waals surface area contributed by atoms with Gasteiger partial charge in [-0.2, -0.15) is 0 Å². The first-order valence-electron chi connectivity index (χ1n) is 17.4. The maximum atomic E-state index is 9.64. The molecule has 0 unspecified atom stereocenters. The van der Waals surface area contributed by atoms with E-state index in [1.807, 2.05) is 72.8 Å². The molecule has 0 bridgehead atoms. The Bertz CT molecular complexity index is 1740. The molecule has 6 aromatic rings. The highest BCUT2D eigenvalue weighted by atomic mass is 16.3. The maximum absolute atomic E-state index is 9.64. The summed E-state index contributed by atoms with van der Waals surface area (Å²) in [6.07, 6.45) is 0.783. The molecule has 6 rings (SSSR count). The highest BCUT2D eigenvalue weighted by molar-refractivity contribution is 6.03. The van der Waals surface area contributed by atoms with E-state index in [2.05, 4.69) is 108 Å². The minimum absolute atomic E-state index is 0.0217. The van der Waals surface area contributed by atoms with Crippen molar-refractivity contribution in [2.75, 3.05) is 36.9 Å². The van der Waals surface area contributed by atoms with Crippen LogP contribution in [-0.4, -0.2) is 48.2 Å². The topological polar surface area (TPSA) is 89.2 Å². The molecule has 0 saturated heterocycles. The Morgan fingerprint density at radius 1 is 0.412 bits per heavy atom. The lowest BCUT2D eigenvalue weighted by molar-refractivity contribution is 0.306. The van der Waals surface area contributed by atoms with Crippen LogP contribution in [0, 0.1) is 0 Å². The lowest BCUT2D eigenvalue weighted by Gasteiger charge is -2.22. The molecule has 4 N–H and O–H groups in total. The molecule has 0 heterocycles. The Balaban J connectivity index is 1.17. The van der Waals surface area contributed by atoms with Gasteiger partial charge in [-0.3, -0.25) is 9.98 Å². The molecule has 0 fully saturated rings. The first kappa shape index (κ1) is 35.0. The quantitative estimate of drug-likeness (QED) is 0.0690. The van der Waals surface area contributed by atoms with Crippen LogP contribution in [0.4, 0.5) is 11.4 Å². The van der Waals surface area contributed by atoms with Gasteiger partial charge in [0.05, 0.1) is 38.1 Å². The number of nitrogens with zero attached hydrogens (tertiary/aromatic N) is 2. The fourth-order valence-electron chi connectivity index (χ4n) is 6.29. The third-order valence-corrected chi connectivity index (χ3v) is 8.70. The number of hydrogen-bond acceptors (Lipinski definition) is 4. The van der Waals surface area contributed by atoms with Crippen molar-refractivity contribution in [2.45, 2.75) is 18.3 Å². The molecule has 0 aromatic heterocycles. The van der Waals surface area contributed by atoms with Gasteiger partial charge in [0, 0.05) is 11.4 Å². The van der Waals surface area contributed by atoms with Gasteiger partial charge in [-0.15, -0.1) is 0 Å². The highest BCUT2D eigenvalue weighted by Gasteiger charge is 2.22. The molecule has 0 spiro atoms. The number of nitrogens with one attached hydrogen (secondary N) is 2. The second-order valence-electron chi connectivity index (χ2n) is 12.3. The van der Waals surface area contributed by atoms with Gasteiger partial charge in [0.15, 0.2) is 0 Å². The number of aliphatic imine (C=N–C) groups is 2. The van der Waals surface area contributed by atoms with E-state index in [0.29, 0.717) is 13.1 Å². The van der Waals surface area contributed by atoms with E-state index in [1.54, 1.807) is 0 Å². The molecule has 0 atom stereocenters. The summed E-state index contributed by atoms with van der Waals surface area (Å²) < 4.78 is 0. The van der Waals surface area contributed by atoms with Gasteiger partial charge >= 0.3 is 0 Å². The van der Waals surface area contributed by atoms with Crippen molar-refractivity contribution < 1.29 is 10.2 Å². The second-order valence-corrected chi connectivity index (χ2v) is 12.3. The molecule has 256 valence electrons. The number of anilines is 2. The molecule has 0 amide bonds. The van der Waals surface area contributed by atoms with E-state index in [0.717, 1.165) is 51.7 Å². The largest absolute Gasteiger partial charge is 0.394 e. The van der Waals surface area contributed by atoms with Crippen LogP contribution in [0.15, 0.2) is 180 Å². The molecular formula is C45H44N4O2. The van der Waals surface area contributed by atoms with Crippen LogP contribution in [0.1, 0.15) is 45.2 Å². The zero-order valence-corrected chi connectivity index (χ0v) is 28.6. The number of benzene rings is 6. The molecule has 0 aliphatic carbocycles. The Hall–Kier alpha value is -5.82. The fourth-order valence-corrected chi connectivity index (χ4v) is 6.29. The zero-order chi connectivity index (χ0) is 35.1. The average molecular weight is 673 g/mol. The van der Waals surface area contributed by atoms with E-state index in [9.17, 15) is 10.2 Å². The standard InChI is InChI=1S/C45H44N4O2/c50-31-29-46-44(42(36-13-5-1-6-14-36)37-15-7-2-8-16-37)48-40-25-21-34(22-26-40)33-35-23-27-41(28-24-35)49-45(47-30-32-51)43(38-17-9-3-10-18-38)39-19-11-4-12-20-39/h1-28,42-43,50-51H,29-33H2,(H,46,48)(H,47,49). The Morgan fingerprint density at radius 2 is 0.706 bits per heavy atom. The lowest BCUT2D eigenvalue weighted by atomic mass is 9.90. The van der Waals surface area contributed by atoms with E-state index in [4.69, 9.17) is 9.98 Å². The van der Waals surface area contributed by atoms with Gasteiger partial charge < -0.3 is 20.8 Å². The van der Waals surface area contributed by atoms with Crippen LogP contribution in [0.2, 0.25) is 0 Å². The van der Waals surface area contributed by atoms with Crippen molar-refractivity contribution in [3.63, 3.8) is 0 Å². The van der Waals surface area contributed by atoms with Gasteiger partial charge in [-0.25, -0.2) is 0 Å². The summed E-state index contributed by atoms with van der Waals surface area (Å²) in [7, 11) is 0. The van der Waals surface area contributed by atoms with E-state index in [-0.39, 0.29) is 25.0 Å². The molecule has 51 heavy (non-hydrogen) atoms. The first-order chi connectivity index (χ1) is 25.2. The van der Waals surface area contributed by atoms with Crippen molar-refractivity contribution in [3.8, 4) is 0 Å². The number of aliphatic hydroxyl groups is 2. The SMILES string of the molecule is OCCN=C(Nc1ccc(Cc2ccc(NC(=NCCO)C(c3ccccc3)c3ccccc3)cc2)cc1)C(c1ccccc1)c1ccccc1. The van der Waals surface area contributed by atoms with E-state index < -0.39 is 0 Å². The van der Waals surface area contributed by atoms with E-state index >= 15 is 0 Å². The number of amidine groups is 2. The Labute approximate surface area is 300 Å². The van der Waals surface area contributed by atoms with Crippen molar-refractivity contribution in [1.82, 2.24) is 0 Å². The van der Waals surface area contributed by atoms with Crippen LogP contribution >= 0.6 is 0 Å². The summed E-state index contributed by atoms with van der Waals surface area (Å²) in [4.78, 5) is 9.60. The van der Waals surface area contributed by atoms with Crippen LogP contribution in [-0.2, 0) is 6.42 Å². The predicted molar refractivity (Wildman–Crippen MR) is 211 cm³/mol. The highest BCUT2D eigenvalue weighted by Crippen LogP contribution is 2.29. The van der Waals surface area contributed by atoms with Gasteiger partial charge in [-0.1, -0.05) is 146 Å². The summed E-state index contributed by atoms with van der Waals surface area (Å²) in [6, 6.07) is 58.3. The minimum atomic E-state index is -0.101. The van der Waals surface area contributed by atoms with Crippen molar-refractivity contribution in [1.29, 1.82) is 0 Å². The molecule has 0 radical (unpaired) electrons. The summed E-state index contributed by atoms with van der Waals surface area (Å²) >= 11 is 0. The van der Waals surface area contributed by atoms with E-state index in [1.165, 1.54) is 11.1 Å². The van der Waals surface area contributed by atoms with Gasteiger partial charge in [0.25, 0.3) is 0 Å².